The van der Waals surface area contributed by atoms with Gasteiger partial charge in [-0.3, -0.25) is 9.69 Å². The molecule has 2 aromatic rings. The lowest BCUT2D eigenvalue weighted by atomic mass is 9.96. The van der Waals surface area contributed by atoms with Gasteiger partial charge in [-0.2, -0.15) is 0 Å². The molecule has 1 aliphatic rings. The molecule has 0 radical (unpaired) electrons. The molecule has 1 aliphatic heterocycles. The third-order valence-corrected chi connectivity index (χ3v) is 5.96. The number of amides is 1. The summed E-state index contributed by atoms with van der Waals surface area (Å²) in [6, 6.07) is 21.1. The van der Waals surface area contributed by atoms with Crippen molar-refractivity contribution in [1.82, 2.24) is 9.80 Å². The summed E-state index contributed by atoms with van der Waals surface area (Å²) in [6.07, 6.45) is 5.09. The number of aliphatic hydroxyl groups is 1. The first-order valence-electron chi connectivity index (χ1n) is 11.0. The summed E-state index contributed by atoms with van der Waals surface area (Å²) in [5, 5.41) is 9.48. The van der Waals surface area contributed by atoms with Gasteiger partial charge < -0.3 is 10.0 Å². The first-order chi connectivity index (χ1) is 14.2. The van der Waals surface area contributed by atoms with Gasteiger partial charge in [-0.25, -0.2) is 0 Å². The molecular formula is C25H34N2O2. The quantitative estimate of drug-likeness (QED) is 0.691. The highest BCUT2D eigenvalue weighted by Gasteiger charge is 2.29. The van der Waals surface area contributed by atoms with E-state index in [-0.39, 0.29) is 18.6 Å². The Labute approximate surface area is 175 Å². The molecule has 4 nitrogen and oxygen atoms in total. The van der Waals surface area contributed by atoms with E-state index in [9.17, 15) is 9.90 Å². The molecule has 29 heavy (non-hydrogen) atoms. The van der Waals surface area contributed by atoms with E-state index in [1.807, 2.05) is 12.1 Å². The molecule has 0 aliphatic carbocycles. The minimum Gasteiger partial charge on any atom is -0.396 e. The topological polar surface area (TPSA) is 43.8 Å². The van der Waals surface area contributed by atoms with Crippen LogP contribution in [0.15, 0.2) is 60.7 Å². The zero-order chi connectivity index (χ0) is 20.5. The predicted octanol–water partition coefficient (Wildman–Crippen LogP) is 4.25. The Kier molecular flexibility index (Phi) is 8.26. The normalized spacial score (nSPS) is 17.1. The molecule has 1 unspecified atom stereocenters. The lowest BCUT2D eigenvalue weighted by molar-refractivity contribution is -0.136. The molecule has 1 amide bonds. The van der Waals surface area contributed by atoms with Crippen LogP contribution >= 0.6 is 0 Å². The first-order valence-corrected chi connectivity index (χ1v) is 11.0. The molecule has 3 rings (SSSR count). The van der Waals surface area contributed by atoms with Crippen LogP contribution in [-0.4, -0.2) is 53.1 Å². The molecule has 0 bridgehead atoms. The van der Waals surface area contributed by atoms with E-state index >= 15 is 0 Å². The molecule has 0 spiro atoms. The van der Waals surface area contributed by atoms with Crippen LogP contribution in [0.25, 0.3) is 0 Å². The summed E-state index contributed by atoms with van der Waals surface area (Å²) >= 11 is 0. The number of hydrogen-bond acceptors (Lipinski definition) is 3. The van der Waals surface area contributed by atoms with E-state index in [0.717, 1.165) is 25.8 Å². The maximum atomic E-state index is 13.3. The average molecular weight is 395 g/mol. The number of carbonyl (C=O) groups excluding carboxylic acids is 1. The predicted molar refractivity (Wildman–Crippen MR) is 118 cm³/mol. The highest BCUT2D eigenvalue weighted by Crippen LogP contribution is 2.29. The van der Waals surface area contributed by atoms with Crippen molar-refractivity contribution >= 4 is 5.91 Å². The molecule has 1 saturated heterocycles. The fourth-order valence-electron chi connectivity index (χ4n) is 4.48. The first kappa shape index (κ1) is 21.5. The molecule has 1 heterocycles. The highest BCUT2D eigenvalue weighted by molar-refractivity contribution is 5.79. The fourth-order valence-corrected chi connectivity index (χ4v) is 4.48. The van der Waals surface area contributed by atoms with Crippen molar-refractivity contribution in [1.29, 1.82) is 0 Å². The van der Waals surface area contributed by atoms with Crippen LogP contribution in [0, 0.1) is 0 Å². The maximum absolute atomic E-state index is 13.3. The molecule has 1 N–H and O–H groups in total. The molecule has 0 aromatic heterocycles. The summed E-state index contributed by atoms with van der Waals surface area (Å²) in [7, 11) is 0. The molecular weight excluding hydrogens is 360 g/mol. The van der Waals surface area contributed by atoms with Crippen LogP contribution in [0.2, 0.25) is 0 Å². The van der Waals surface area contributed by atoms with E-state index in [4.69, 9.17) is 0 Å². The minimum atomic E-state index is -0.00207. The van der Waals surface area contributed by atoms with Gasteiger partial charge >= 0.3 is 0 Å². The van der Waals surface area contributed by atoms with Gasteiger partial charge in [0.05, 0.1) is 12.6 Å². The molecule has 1 atom stereocenters. The number of benzene rings is 2. The summed E-state index contributed by atoms with van der Waals surface area (Å²) in [5.41, 5.74) is 2.35. The average Bonchev–Trinajstić information content (AvgIpc) is 2.78. The van der Waals surface area contributed by atoms with Gasteiger partial charge in [0.15, 0.2) is 0 Å². The van der Waals surface area contributed by atoms with Crippen molar-refractivity contribution in [3.63, 3.8) is 0 Å². The van der Waals surface area contributed by atoms with Crippen molar-refractivity contribution in [2.24, 2.45) is 0 Å². The zero-order valence-electron chi connectivity index (χ0n) is 17.5. The number of hydrogen-bond donors (Lipinski definition) is 1. The van der Waals surface area contributed by atoms with Crippen molar-refractivity contribution in [3.8, 4) is 0 Å². The van der Waals surface area contributed by atoms with Gasteiger partial charge in [0.2, 0.25) is 5.91 Å². The Morgan fingerprint density at radius 1 is 1.07 bits per heavy atom. The monoisotopic (exact) mass is 394 g/mol. The Bertz CT molecular complexity index is 696. The van der Waals surface area contributed by atoms with E-state index in [0.29, 0.717) is 25.6 Å². The second-order valence-corrected chi connectivity index (χ2v) is 7.92. The Morgan fingerprint density at radius 2 is 1.69 bits per heavy atom. The molecule has 156 valence electrons. The molecule has 4 heteroatoms. The van der Waals surface area contributed by atoms with Gasteiger partial charge in [-0.15, -0.1) is 0 Å². The van der Waals surface area contributed by atoms with Gasteiger partial charge in [0.1, 0.15) is 0 Å². The second-order valence-electron chi connectivity index (χ2n) is 7.92. The summed E-state index contributed by atoms with van der Waals surface area (Å²) in [6.45, 7) is 4.23. The zero-order valence-corrected chi connectivity index (χ0v) is 17.5. The van der Waals surface area contributed by atoms with Crippen LogP contribution in [0.1, 0.15) is 56.2 Å². The summed E-state index contributed by atoms with van der Waals surface area (Å²) in [4.78, 5) is 17.7. The minimum absolute atomic E-state index is 0.00207. The lowest BCUT2D eigenvalue weighted by Crippen LogP contribution is -2.48. The van der Waals surface area contributed by atoms with Crippen molar-refractivity contribution in [2.75, 3.05) is 26.2 Å². The van der Waals surface area contributed by atoms with Crippen LogP contribution < -0.4 is 0 Å². The van der Waals surface area contributed by atoms with Crippen molar-refractivity contribution in [3.05, 3.63) is 71.8 Å². The third kappa shape index (κ3) is 5.68. The number of rotatable bonds is 9. The summed E-state index contributed by atoms with van der Waals surface area (Å²) < 4.78 is 0. The summed E-state index contributed by atoms with van der Waals surface area (Å²) in [5.74, 6) is 0.214. The lowest BCUT2D eigenvalue weighted by Gasteiger charge is -2.38. The third-order valence-electron chi connectivity index (χ3n) is 5.96. The Morgan fingerprint density at radius 3 is 2.24 bits per heavy atom. The van der Waals surface area contributed by atoms with Gasteiger partial charge in [0.25, 0.3) is 0 Å². The number of carbonyl (C=O) groups is 1. The number of likely N-dealkylation sites (tertiary alicyclic amines) is 1. The SMILES string of the molecule is CCC1CCCCN1C(=O)CN(CCCO)C(c1ccccc1)c1ccccc1. The van der Waals surface area contributed by atoms with Crippen LogP contribution in [0.3, 0.4) is 0 Å². The number of nitrogens with zero attached hydrogens (tertiary/aromatic N) is 2. The number of aliphatic hydroxyl groups excluding tert-OH is 1. The van der Waals surface area contributed by atoms with E-state index in [2.05, 4.69) is 65.3 Å². The second kappa shape index (κ2) is 11.1. The van der Waals surface area contributed by atoms with Gasteiger partial charge in [-0.05, 0) is 43.2 Å². The van der Waals surface area contributed by atoms with E-state index in [1.54, 1.807) is 0 Å². The Hall–Kier alpha value is -2.17. The van der Waals surface area contributed by atoms with E-state index in [1.165, 1.54) is 17.5 Å². The number of piperidine rings is 1. The van der Waals surface area contributed by atoms with Crippen LogP contribution in [-0.2, 0) is 4.79 Å². The largest absolute Gasteiger partial charge is 0.396 e. The van der Waals surface area contributed by atoms with Crippen LogP contribution in [0.5, 0.6) is 0 Å². The molecule has 1 fully saturated rings. The van der Waals surface area contributed by atoms with Crippen molar-refractivity contribution < 1.29 is 9.90 Å². The standard InChI is InChI=1S/C25H34N2O2/c1-2-23-16-9-10-18-27(23)24(29)20-26(17-11-19-28)25(21-12-5-3-6-13-21)22-14-7-4-8-15-22/h3-8,12-15,23,25,28H,2,9-11,16-20H2,1H3. The highest BCUT2D eigenvalue weighted by atomic mass is 16.3. The molecule has 2 aromatic carbocycles. The van der Waals surface area contributed by atoms with Crippen LogP contribution in [0.4, 0.5) is 0 Å². The van der Waals surface area contributed by atoms with Gasteiger partial charge in [0, 0.05) is 25.7 Å². The molecule has 0 saturated carbocycles. The Balaban J connectivity index is 1.88. The fraction of sp³-hybridized carbons (Fsp3) is 0.480. The van der Waals surface area contributed by atoms with E-state index < -0.39 is 0 Å². The van der Waals surface area contributed by atoms with Gasteiger partial charge in [-0.1, -0.05) is 67.6 Å². The van der Waals surface area contributed by atoms with Crippen molar-refractivity contribution in [2.45, 2.75) is 51.1 Å². The maximum Gasteiger partial charge on any atom is 0.237 e. The smallest absolute Gasteiger partial charge is 0.237 e.